The third-order valence-corrected chi connectivity index (χ3v) is 2.45. The van der Waals surface area contributed by atoms with Gasteiger partial charge in [0.15, 0.2) is 0 Å². The van der Waals surface area contributed by atoms with Crippen LogP contribution in [-0.2, 0) is 17.8 Å². The maximum Gasteiger partial charge on any atom is 0.350 e. The van der Waals surface area contributed by atoms with Crippen LogP contribution >= 0.6 is 0 Å². The SMILES string of the molecule is CCn1cc([N+](=O)[O-])c(=O)n(CCOCCO)c1=O. The first-order valence-corrected chi connectivity index (χ1v) is 5.70. The van der Waals surface area contributed by atoms with E-state index in [0.29, 0.717) is 0 Å². The predicted octanol–water partition coefficient (Wildman–Crippen LogP) is -1.05. The second-order valence-corrected chi connectivity index (χ2v) is 3.63. The molecule has 106 valence electrons. The molecule has 0 aliphatic carbocycles. The van der Waals surface area contributed by atoms with Crippen molar-refractivity contribution >= 4 is 5.69 Å². The molecule has 0 atom stereocenters. The van der Waals surface area contributed by atoms with Gasteiger partial charge in [-0.15, -0.1) is 0 Å². The van der Waals surface area contributed by atoms with Gasteiger partial charge in [-0.05, 0) is 6.92 Å². The second-order valence-electron chi connectivity index (χ2n) is 3.63. The lowest BCUT2D eigenvalue weighted by Crippen LogP contribution is -2.41. The first kappa shape index (κ1) is 15.1. The van der Waals surface area contributed by atoms with Gasteiger partial charge in [0, 0.05) is 6.54 Å². The lowest BCUT2D eigenvalue weighted by Gasteiger charge is -2.08. The molecule has 0 amide bonds. The number of rotatable bonds is 7. The van der Waals surface area contributed by atoms with Gasteiger partial charge in [-0.1, -0.05) is 0 Å². The lowest BCUT2D eigenvalue weighted by molar-refractivity contribution is -0.387. The number of nitro groups is 1. The Balaban J connectivity index is 3.14. The van der Waals surface area contributed by atoms with Gasteiger partial charge in [-0.3, -0.25) is 24.0 Å². The fourth-order valence-corrected chi connectivity index (χ4v) is 1.51. The number of hydrogen-bond acceptors (Lipinski definition) is 6. The molecule has 0 unspecified atom stereocenters. The van der Waals surface area contributed by atoms with Crippen LogP contribution < -0.4 is 11.2 Å². The minimum Gasteiger partial charge on any atom is -0.394 e. The van der Waals surface area contributed by atoms with Gasteiger partial charge in [-0.2, -0.15) is 0 Å². The maximum absolute atomic E-state index is 11.9. The van der Waals surface area contributed by atoms with Gasteiger partial charge >= 0.3 is 16.9 Å². The van der Waals surface area contributed by atoms with E-state index in [9.17, 15) is 19.7 Å². The van der Waals surface area contributed by atoms with Crippen LogP contribution in [0.4, 0.5) is 5.69 Å². The highest BCUT2D eigenvalue weighted by molar-refractivity contribution is 5.21. The summed E-state index contributed by atoms with van der Waals surface area (Å²) in [7, 11) is 0. The number of aliphatic hydroxyl groups excluding tert-OH is 1. The van der Waals surface area contributed by atoms with E-state index in [1.165, 1.54) is 0 Å². The average molecular weight is 273 g/mol. The fraction of sp³-hybridized carbons (Fsp3) is 0.600. The molecule has 0 aliphatic heterocycles. The van der Waals surface area contributed by atoms with Gasteiger partial charge in [-0.25, -0.2) is 4.79 Å². The normalized spacial score (nSPS) is 10.6. The molecule has 0 radical (unpaired) electrons. The Labute approximate surface area is 107 Å². The van der Waals surface area contributed by atoms with Crippen molar-refractivity contribution in [1.82, 2.24) is 9.13 Å². The molecule has 19 heavy (non-hydrogen) atoms. The molecule has 1 heterocycles. The van der Waals surface area contributed by atoms with Crippen molar-refractivity contribution in [3.05, 3.63) is 37.1 Å². The monoisotopic (exact) mass is 273 g/mol. The van der Waals surface area contributed by atoms with Gasteiger partial charge < -0.3 is 9.84 Å². The second kappa shape index (κ2) is 6.81. The number of aromatic nitrogens is 2. The number of nitrogens with zero attached hydrogens (tertiary/aromatic N) is 3. The highest BCUT2D eigenvalue weighted by Gasteiger charge is 2.19. The molecular formula is C10H15N3O6. The zero-order valence-corrected chi connectivity index (χ0v) is 10.4. The predicted molar refractivity (Wildman–Crippen MR) is 65.2 cm³/mol. The van der Waals surface area contributed by atoms with Gasteiger partial charge in [0.05, 0.1) is 37.5 Å². The van der Waals surface area contributed by atoms with E-state index >= 15 is 0 Å². The maximum atomic E-state index is 11.9. The summed E-state index contributed by atoms with van der Waals surface area (Å²) in [6.07, 6.45) is 0.940. The van der Waals surface area contributed by atoms with Gasteiger partial charge in [0.1, 0.15) is 0 Å². The molecule has 0 saturated carbocycles. The summed E-state index contributed by atoms with van der Waals surface area (Å²) in [5.74, 6) is 0. The molecule has 9 nitrogen and oxygen atoms in total. The third-order valence-electron chi connectivity index (χ3n) is 2.45. The average Bonchev–Trinajstić information content (AvgIpc) is 2.37. The van der Waals surface area contributed by atoms with E-state index in [-0.39, 0.29) is 32.9 Å². The van der Waals surface area contributed by atoms with E-state index in [2.05, 4.69) is 0 Å². The molecule has 1 aromatic rings. The minimum absolute atomic E-state index is 0.0145. The fourth-order valence-electron chi connectivity index (χ4n) is 1.51. The van der Waals surface area contributed by atoms with Crippen molar-refractivity contribution in [2.45, 2.75) is 20.0 Å². The quantitative estimate of drug-likeness (QED) is 0.385. The van der Waals surface area contributed by atoms with Gasteiger partial charge in [0.2, 0.25) is 0 Å². The van der Waals surface area contributed by atoms with E-state index in [4.69, 9.17) is 9.84 Å². The molecule has 0 aromatic carbocycles. The van der Waals surface area contributed by atoms with Crippen LogP contribution in [-0.4, -0.2) is 39.0 Å². The summed E-state index contributed by atoms with van der Waals surface area (Å²) in [5.41, 5.74) is -2.22. The molecular weight excluding hydrogens is 258 g/mol. The van der Waals surface area contributed by atoms with E-state index in [0.717, 1.165) is 15.3 Å². The van der Waals surface area contributed by atoms with Crippen LogP contribution in [0.2, 0.25) is 0 Å². The van der Waals surface area contributed by atoms with Crippen molar-refractivity contribution in [2.75, 3.05) is 19.8 Å². The van der Waals surface area contributed by atoms with Crippen molar-refractivity contribution < 1.29 is 14.8 Å². The van der Waals surface area contributed by atoms with Crippen LogP contribution in [0.15, 0.2) is 15.8 Å². The van der Waals surface area contributed by atoms with Crippen LogP contribution in [0.1, 0.15) is 6.92 Å². The Morgan fingerprint density at radius 3 is 2.63 bits per heavy atom. The Morgan fingerprint density at radius 1 is 1.42 bits per heavy atom. The summed E-state index contributed by atoms with van der Waals surface area (Å²) in [6, 6.07) is 0. The summed E-state index contributed by atoms with van der Waals surface area (Å²) < 4.78 is 6.79. The van der Waals surface area contributed by atoms with Crippen molar-refractivity contribution in [3.63, 3.8) is 0 Å². The summed E-state index contributed by atoms with van der Waals surface area (Å²) in [5, 5.41) is 19.3. The van der Waals surface area contributed by atoms with Crippen molar-refractivity contribution in [1.29, 1.82) is 0 Å². The minimum atomic E-state index is -0.952. The molecule has 0 aliphatic rings. The van der Waals surface area contributed by atoms with Gasteiger partial charge in [0.25, 0.3) is 0 Å². The van der Waals surface area contributed by atoms with Crippen molar-refractivity contribution in [3.8, 4) is 0 Å². The highest BCUT2D eigenvalue weighted by Crippen LogP contribution is 2.00. The largest absolute Gasteiger partial charge is 0.394 e. The van der Waals surface area contributed by atoms with E-state index in [1.807, 2.05) is 0 Å². The van der Waals surface area contributed by atoms with Crippen LogP contribution in [0.5, 0.6) is 0 Å². The summed E-state index contributed by atoms with van der Waals surface area (Å²) >= 11 is 0. The molecule has 9 heteroatoms. The lowest BCUT2D eigenvalue weighted by atomic mass is 10.5. The number of ether oxygens (including phenoxy) is 1. The smallest absolute Gasteiger partial charge is 0.350 e. The Hall–Kier alpha value is -2.00. The Bertz CT molecular complexity index is 561. The summed E-state index contributed by atoms with van der Waals surface area (Å²) in [6.45, 7) is 1.67. The molecule has 0 fully saturated rings. The summed E-state index contributed by atoms with van der Waals surface area (Å²) in [4.78, 5) is 33.5. The number of aryl methyl sites for hydroxylation is 1. The molecule has 0 saturated heterocycles. The topological polar surface area (TPSA) is 117 Å². The molecule has 0 bridgehead atoms. The van der Waals surface area contributed by atoms with Crippen LogP contribution in [0.25, 0.3) is 0 Å². The number of aliphatic hydroxyl groups is 1. The Kier molecular flexibility index (Phi) is 5.39. The van der Waals surface area contributed by atoms with E-state index < -0.39 is 21.9 Å². The molecule has 1 rings (SSSR count). The highest BCUT2D eigenvalue weighted by atomic mass is 16.6. The molecule has 1 aromatic heterocycles. The van der Waals surface area contributed by atoms with Crippen molar-refractivity contribution in [2.24, 2.45) is 0 Å². The van der Waals surface area contributed by atoms with E-state index in [1.54, 1.807) is 6.92 Å². The van der Waals surface area contributed by atoms with Crippen LogP contribution in [0.3, 0.4) is 0 Å². The van der Waals surface area contributed by atoms with Crippen LogP contribution in [0, 0.1) is 10.1 Å². The third kappa shape index (κ3) is 3.48. The standard InChI is InChI=1S/C10H15N3O6/c1-2-11-7-8(13(17)18)9(15)12(10(11)16)3-5-19-6-4-14/h7,14H,2-6H2,1H3. The first-order valence-electron chi connectivity index (χ1n) is 5.70. The zero-order valence-electron chi connectivity index (χ0n) is 10.4. The molecule has 1 N–H and O–H groups in total. The number of hydrogen-bond donors (Lipinski definition) is 1. The first-order chi connectivity index (χ1) is 9.02. The molecule has 0 spiro atoms. The Morgan fingerprint density at radius 2 is 2.11 bits per heavy atom. The zero-order chi connectivity index (χ0) is 14.4.